The van der Waals surface area contributed by atoms with Crippen molar-refractivity contribution >= 4 is 29.0 Å². The van der Waals surface area contributed by atoms with Crippen molar-refractivity contribution < 1.29 is 19.1 Å². The second kappa shape index (κ2) is 9.28. The summed E-state index contributed by atoms with van der Waals surface area (Å²) in [6.07, 6.45) is 2.08. The fourth-order valence-corrected chi connectivity index (χ4v) is 3.18. The molecule has 1 atom stereocenters. The lowest BCUT2D eigenvalue weighted by Gasteiger charge is -2.10. The van der Waals surface area contributed by atoms with Crippen LogP contribution in [0.1, 0.15) is 27.7 Å². The van der Waals surface area contributed by atoms with Gasteiger partial charge >= 0.3 is 6.03 Å². The zero-order valence-electron chi connectivity index (χ0n) is 14.9. The molecule has 3 rings (SSSR count). The van der Waals surface area contributed by atoms with E-state index in [2.05, 4.69) is 26.1 Å². The van der Waals surface area contributed by atoms with Gasteiger partial charge < -0.3 is 25.4 Å². The normalized spacial score (nSPS) is 16.0. The summed E-state index contributed by atoms with van der Waals surface area (Å²) in [7, 11) is 1.58. The van der Waals surface area contributed by atoms with Gasteiger partial charge in [0.25, 0.3) is 5.91 Å². The van der Waals surface area contributed by atoms with E-state index in [9.17, 15) is 9.59 Å². The van der Waals surface area contributed by atoms with Crippen LogP contribution < -0.4 is 20.7 Å². The lowest BCUT2D eigenvalue weighted by Crippen LogP contribution is -2.39. The minimum atomic E-state index is -0.355. The second-order valence-electron chi connectivity index (χ2n) is 5.88. The van der Waals surface area contributed by atoms with Gasteiger partial charge in [-0.15, -0.1) is 10.2 Å². The molecule has 1 aliphatic heterocycles. The second-order valence-corrected chi connectivity index (χ2v) is 6.94. The molecule has 1 aliphatic rings. The standard InChI is InChI=1S/C17H21N5O4S/c1-25-12-6-4-11(5-7-12)20-15(23)16-22-21-14(27-16)10-19-17(24)18-9-13-3-2-8-26-13/h4-7,13H,2-3,8-10H2,1H3,(H,20,23)(H2,18,19,24)/t13-/m0/s1. The fourth-order valence-electron chi connectivity index (χ4n) is 2.51. The van der Waals surface area contributed by atoms with E-state index in [1.54, 1.807) is 31.4 Å². The minimum absolute atomic E-state index is 0.0885. The van der Waals surface area contributed by atoms with Gasteiger partial charge in [-0.05, 0) is 37.1 Å². The summed E-state index contributed by atoms with van der Waals surface area (Å²) in [6.45, 7) is 1.43. The molecule has 0 aliphatic carbocycles. The Hall–Kier alpha value is -2.72. The molecule has 3 amide bonds. The average Bonchev–Trinajstić information content (AvgIpc) is 3.37. The average molecular weight is 391 g/mol. The van der Waals surface area contributed by atoms with E-state index in [1.165, 1.54) is 0 Å². The molecule has 1 saturated heterocycles. The smallest absolute Gasteiger partial charge is 0.315 e. The number of hydrogen-bond donors (Lipinski definition) is 3. The fraction of sp³-hybridized carbons (Fsp3) is 0.412. The van der Waals surface area contributed by atoms with Crippen molar-refractivity contribution in [1.29, 1.82) is 0 Å². The van der Waals surface area contributed by atoms with Crippen molar-refractivity contribution in [2.45, 2.75) is 25.5 Å². The molecule has 0 radical (unpaired) electrons. The SMILES string of the molecule is COc1ccc(NC(=O)c2nnc(CNC(=O)NC[C@@H]3CCCO3)s2)cc1. The minimum Gasteiger partial charge on any atom is -0.497 e. The van der Waals surface area contributed by atoms with Crippen LogP contribution >= 0.6 is 11.3 Å². The molecule has 27 heavy (non-hydrogen) atoms. The molecule has 144 valence electrons. The number of amides is 3. The van der Waals surface area contributed by atoms with Gasteiger partial charge in [-0.25, -0.2) is 4.79 Å². The van der Waals surface area contributed by atoms with Crippen molar-refractivity contribution in [3.05, 3.63) is 34.3 Å². The Labute approximate surface area is 160 Å². The van der Waals surface area contributed by atoms with Gasteiger partial charge in [0.2, 0.25) is 5.01 Å². The van der Waals surface area contributed by atoms with E-state index in [1.807, 2.05) is 0 Å². The van der Waals surface area contributed by atoms with Crippen molar-refractivity contribution in [1.82, 2.24) is 20.8 Å². The van der Waals surface area contributed by atoms with E-state index in [0.29, 0.717) is 23.0 Å². The Balaban J connectivity index is 1.44. The molecule has 3 N–H and O–H groups in total. The molecule has 0 unspecified atom stereocenters. The third-order valence-corrected chi connectivity index (χ3v) is 4.85. The van der Waals surface area contributed by atoms with Gasteiger partial charge in [-0.2, -0.15) is 0 Å². The molecule has 2 heterocycles. The van der Waals surface area contributed by atoms with Crippen LogP contribution in [0.3, 0.4) is 0 Å². The number of anilines is 1. The van der Waals surface area contributed by atoms with Gasteiger partial charge in [0, 0.05) is 18.8 Å². The van der Waals surface area contributed by atoms with Crippen molar-refractivity contribution in [3.63, 3.8) is 0 Å². The van der Waals surface area contributed by atoms with Crippen LogP contribution in [0.4, 0.5) is 10.5 Å². The molecule has 0 bridgehead atoms. The summed E-state index contributed by atoms with van der Waals surface area (Å²) in [4.78, 5) is 24.0. The molecule has 0 spiro atoms. The Bertz CT molecular complexity index is 774. The van der Waals surface area contributed by atoms with Crippen molar-refractivity contribution in [3.8, 4) is 5.75 Å². The summed E-state index contributed by atoms with van der Waals surface area (Å²) >= 11 is 1.13. The first-order chi connectivity index (χ1) is 13.1. The number of aromatic nitrogens is 2. The van der Waals surface area contributed by atoms with Gasteiger partial charge in [0.1, 0.15) is 10.8 Å². The lowest BCUT2D eigenvalue weighted by molar-refractivity contribution is 0.102. The van der Waals surface area contributed by atoms with Crippen molar-refractivity contribution in [2.24, 2.45) is 0 Å². The quantitative estimate of drug-likeness (QED) is 0.663. The van der Waals surface area contributed by atoms with Crippen molar-refractivity contribution in [2.75, 3.05) is 25.6 Å². The summed E-state index contributed by atoms with van der Waals surface area (Å²) in [5.41, 5.74) is 0.629. The van der Waals surface area contributed by atoms with Crippen LogP contribution in [-0.2, 0) is 11.3 Å². The number of nitrogens with one attached hydrogen (secondary N) is 3. The predicted molar refractivity (Wildman–Crippen MR) is 100 cm³/mol. The van der Waals surface area contributed by atoms with E-state index in [4.69, 9.17) is 9.47 Å². The molecule has 0 saturated carbocycles. The Morgan fingerprint density at radius 2 is 2.07 bits per heavy atom. The third kappa shape index (κ3) is 5.63. The highest BCUT2D eigenvalue weighted by atomic mass is 32.1. The first-order valence-electron chi connectivity index (χ1n) is 8.55. The Morgan fingerprint density at radius 1 is 1.26 bits per heavy atom. The number of urea groups is 1. The molecule has 9 nitrogen and oxygen atoms in total. The molecule has 2 aromatic rings. The van der Waals surface area contributed by atoms with E-state index in [-0.39, 0.29) is 29.6 Å². The summed E-state index contributed by atoms with van der Waals surface area (Å²) in [5, 5.41) is 16.8. The van der Waals surface area contributed by atoms with Gasteiger partial charge in [0.05, 0.1) is 19.8 Å². The first-order valence-corrected chi connectivity index (χ1v) is 9.37. The topological polar surface area (TPSA) is 114 Å². The summed E-state index contributed by atoms with van der Waals surface area (Å²) in [6, 6.07) is 6.67. The predicted octanol–water partition coefficient (Wildman–Crippen LogP) is 1.78. The van der Waals surface area contributed by atoms with Crippen LogP contribution in [0, 0.1) is 0 Å². The third-order valence-electron chi connectivity index (χ3n) is 3.92. The first kappa shape index (κ1) is 19.1. The summed E-state index contributed by atoms with van der Waals surface area (Å²) < 4.78 is 10.5. The lowest BCUT2D eigenvalue weighted by atomic mass is 10.2. The van der Waals surface area contributed by atoms with Gasteiger partial charge in [-0.3, -0.25) is 4.79 Å². The molecular formula is C17H21N5O4S. The van der Waals surface area contributed by atoms with Crippen LogP contribution in [0.15, 0.2) is 24.3 Å². The maximum Gasteiger partial charge on any atom is 0.315 e. The molecule has 1 aromatic heterocycles. The number of hydrogen-bond acceptors (Lipinski definition) is 7. The zero-order chi connectivity index (χ0) is 19.1. The highest BCUT2D eigenvalue weighted by molar-refractivity contribution is 7.13. The summed E-state index contributed by atoms with van der Waals surface area (Å²) in [5.74, 6) is 0.349. The zero-order valence-corrected chi connectivity index (χ0v) is 15.7. The molecular weight excluding hydrogens is 370 g/mol. The van der Waals surface area contributed by atoms with Gasteiger partial charge in [-0.1, -0.05) is 11.3 Å². The monoisotopic (exact) mass is 391 g/mol. The van der Waals surface area contributed by atoms with Crippen LogP contribution in [0.5, 0.6) is 5.75 Å². The van der Waals surface area contributed by atoms with E-state index < -0.39 is 0 Å². The van der Waals surface area contributed by atoms with Gasteiger partial charge in [0.15, 0.2) is 0 Å². The van der Waals surface area contributed by atoms with E-state index >= 15 is 0 Å². The Kier molecular flexibility index (Phi) is 6.55. The number of rotatable bonds is 7. The largest absolute Gasteiger partial charge is 0.497 e. The van der Waals surface area contributed by atoms with Crippen LogP contribution in [-0.4, -0.2) is 48.5 Å². The number of carbonyl (C=O) groups excluding carboxylic acids is 2. The number of benzene rings is 1. The maximum atomic E-state index is 12.2. The maximum absolute atomic E-state index is 12.2. The molecule has 10 heteroatoms. The molecule has 1 aromatic carbocycles. The number of methoxy groups -OCH3 is 1. The van der Waals surface area contributed by atoms with Crippen LogP contribution in [0.25, 0.3) is 0 Å². The molecule has 1 fully saturated rings. The number of carbonyl (C=O) groups is 2. The number of ether oxygens (including phenoxy) is 2. The number of nitrogens with zero attached hydrogens (tertiary/aromatic N) is 2. The highest BCUT2D eigenvalue weighted by Gasteiger charge is 2.17. The van der Waals surface area contributed by atoms with Crippen LogP contribution in [0.2, 0.25) is 0 Å². The van der Waals surface area contributed by atoms with E-state index in [0.717, 1.165) is 30.8 Å². The highest BCUT2D eigenvalue weighted by Crippen LogP contribution is 2.17. The Morgan fingerprint density at radius 3 is 2.78 bits per heavy atom.